The standard InChI is InChI=1S/C18H26N6S/c1-14-20-8-9-24(14)16-15(6-5-7-21-16)12-22-17(19-4)23-10-11-25-18(2,3)13-23/h5-9H,10-13H2,1-4H3,(H,19,22). The summed E-state index contributed by atoms with van der Waals surface area (Å²) >= 11 is 2.02. The maximum Gasteiger partial charge on any atom is 0.193 e. The molecule has 0 amide bonds. The minimum Gasteiger partial charge on any atom is -0.352 e. The molecule has 7 heteroatoms. The highest BCUT2D eigenvalue weighted by molar-refractivity contribution is 8.00. The van der Waals surface area contributed by atoms with Gasteiger partial charge in [0.25, 0.3) is 0 Å². The van der Waals surface area contributed by atoms with E-state index in [2.05, 4.69) is 45.1 Å². The van der Waals surface area contributed by atoms with Crippen molar-refractivity contribution in [2.75, 3.05) is 25.9 Å². The highest BCUT2D eigenvalue weighted by Crippen LogP contribution is 2.29. The van der Waals surface area contributed by atoms with Crippen molar-refractivity contribution in [3.05, 3.63) is 42.1 Å². The van der Waals surface area contributed by atoms with E-state index >= 15 is 0 Å². The van der Waals surface area contributed by atoms with E-state index in [1.165, 1.54) is 0 Å². The molecule has 25 heavy (non-hydrogen) atoms. The predicted molar refractivity (Wildman–Crippen MR) is 104 cm³/mol. The van der Waals surface area contributed by atoms with Crippen LogP contribution in [0.15, 0.2) is 35.7 Å². The molecular weight excluding hydrogens is 332 g/mol. The molecule has 6 nitrogen and oxygen atoms in total. The minimum absolute atomic E-state index is 0.253. The van der Waals surface area contributed by atoms with Crippen molar-refractivity contribution >= 4 is 17.7 Å². The van der Waals surface area contributed by atoms with Gasteiger partial charge in [-0.05, 0) is 26.8 Å². The summed E-state index contributed by atoms with van der Waals surface area (Å²) in [6.07, 6.45) is 5.56. The number of hydrogen-bond donors (Lipinski definition) is 1. The summed E-state index contributed by atoms with van der Waals surface area (Å²) in [5, 5.41) is 3.51. The number of nitrogens with one attached hydrogen (secondary N) is 1. The average molecular weight is 359 g/mol. The van der Waals surface area contributed by atoms with Crippen molar-refractivity contribution in [2.24, 2.45) is 4.99 Å². The summed E-state index contributed by atoms with van der Waals surface area (Å²) in [6, 6.07) is 4.06. The lowest BCUT2D eigenvalue weighted by atomic mass is 10.2. The Morgan fingerprint density at radius 1 is 1.36 bits per heavy atom. The van der Waals surface area contributed by atoms with Gasteiger partial charge in [0.15, 0.2) is 5.96 Å². The van der Waals surface area contributed by atoms with Crippen LogP contribution >= 0.6 is 11.8 Å². The first-order chi connectivity index (χ1) is 12.0. The number of thioether (sulfide) groups is 1. The van der Waals surface area contributed by atoms with E-state index < -0.39 is 0 Å². The SMILES string of the molecule is CN=C(NCc1cccnc1-n1ccnc1C)N1CCSC(C)(C)C1. The Hall–Kier alpha value is -2.02. The van der Waals surface area contributed by atoms with E-state index in [0.29, 0.717) is 6.54 Å². The molecule has 0 radical (unpaired) electrons. The Kier molecular flexibility index (Phi) is 5.32. The smallest absolute Gasteiger partial charge is 0.193 e. The van der Waals surface area contributed by atoms with Gasteiger partial charge in [0, 0.05) is 61.3 Å². The molecule has 1 aliphatic heterocycles. The molecule has 2 aromatic rings. The number of rotatable bonds is 3. The molecule has 134 valence electrons. The average Bonchev–Trinajstić information content (AvgIpc) is 3.01. The fourth-order valence-corrected chi connectivity index (χ4v) is 4.20. The van der Waals surface area contributed by atoms with E-state index in [4.69, 9.17) is 0 Å². The summed E-state index contributed by atoms with van der Waals surface area (Å²) in [4.78, 5) is 15.7. The zero-order valence-corrected chi connectivity index (χ0v) is 16.2. The van der Waals surface area contributed by atoms with Crippen LogP contribution in [0.3, 0.4) is 0 Å². The number of aliphatic imine (C=N–C) groups is 1. The number of aryl methyl sites for hydroxylation is 1. The van der Waals surface area contributed by atoms with Gasteiger partial charge in [0.1, 0.15) is 11.6 Å². The number of guanidine groups is 1. The molecule has 1 aliphatic rings. The van der Waals surface area contributed by atoms with Gasteiger partial charge in [-0.15, -0.1) is 0 Å². The van der Waals surface area contributed by atoms with Crippen molar-refractivity contribution in [3.63, 3.8) is 0 Å². The maximum absolute atomic E-state index is 4.55. The van der Waals surface area contributed by atoms with Gasteiger partial charge in [-0.2, -0.15) is 11.8 Å². The van der Waals surface area contributed by atoms with Crippen molar-refractivity contribution in [2.45, 2.75) is 32.1 Å². The number of aromatic nitrogens is 3. The van der Waals surface area contributed by atoms with Crippen LogP contribution in [0.2, 0.25) is 0 Å². The fraction of sp³-hybridized carbons (Fsp3) is 0.500. The Morgan fingerprint density at radius 2 is 2.20 bits per heavy atom. The molecule has 1 saturated heterocycles. The molecule has 0 unspecified atom stereocenters. The van der Waals surface area contributed by atoms with Gasteiger partial charge in [0.2, 0.25) is 0 Å². The zero-order chi connectivity index (χ0) is 17.9. The van der Waals surface area contributed by atoms with Crippen LogP contribution in [0.4, 0.5) is 0 Å². The third kappa shape index (κ3) is 4.15. The largest absolute Gasteiger partial charge is 0.352 e. The predicted octanol–water partition coefficient (Wildman–Crippen LogP) is 2.48. The Morgan fingerprint density at radius 3 is 2.88 bits per heavy atom. The molecule has 1 fully saturated rings. The highest BCUT2D eigenvalue weighted by Gasteiger charge is 2.28. The third-order valence-corrected chi connectivity index (χ3v) is 5.59. The molecule has 0 aromatic carbocycles. The van der Waals surface area contributed by atoms with Gasteiger partial charge < -0.3 is 10.2 Å². The van der Waals surface area contributed by atoms with Gasteiger partial charge >= 0.3 is 0 Å². The summed E-state index contributed by atoms with van der Waals surface area (Å²) in [5.74, 6) is 3.92. The summed E-state index contributed by atoms with van der Waals surface area (Å²) in [6.45, 7) is 9.26. The highest BCUT2D eigenvalue weighted by atomic mass is 32.2. The first-order valence-electron chi connectivity index (χ1n) is 8.54. The molecule has 0 bridgehead atoms. The van der Waals surface area contributed by atoms with Crippen molar-refractivity contribution < 1.29 is 0 Å². The van der Waals surface area contributed by atoms with E-state index in [1.807, 2.05) is 48.8 Å². The maximum atomic E-state index is 4.55. The van der Waals surface area contributed by atoms with Crippen molar-refractivity contribution in [3.8, 4) is 5.82 Å². The van der Waals surface area contributed by atoms with E-state index in [9.17, 15) is 0 Å². The quantitative estimate of drug-likeness (QED) is 0.675. The van der Waals surface area contributed by atoms with Crippen LogP contribution in [0.1, 0.15) is 25.2 Å². The molecule has 2 aromatic heterocycles. The molecule has 0 atom stereocenters. The van der Waals surface area contributed by atoms with Crippen molar-refractivity contribution in [1.82, 2.24) is 24.8 Å². The third-order valence-electron chi connectivity index (χ3n) is 4.30. The van der Waals surface area contributed by atoms with Crippen LogP contribution in [0, 0.1) is 6.92 Å². The number of imidazole rings is 1. The Labute approximate surface area is 153 Å². The van der Waals surface area contributed by atoms with Gasteiger partial charge in [-0.1, -0.05) is 6.07 Å². The second-order valence-corrected chi connectivity index (χ2v) is 8.56. The van der Waals surface area contributed by atoms with E-state index in [-0.39, 0.29) is 4.75 Å². The molecule has 1 N–H and O–H groups in total. The molecule has 3 heterocycles. The minimum atomic E-state index is 0.253. The number of hydrogen-bond acceptors (Lipinski definition) is 4. The monoisotopic (exact) mass is 358 g/mol. The topological polar surface area (TPSA) is 58.3 Å². The zero-order valence-electron chi connectivity index (χ0n) is 15.4. The van der Waals surface area contributed by atoms with Crippen LogP contribution in [0.5, 0.6) is 0 Å². The first kappa shape index (κ1) is 17.8. The summed E-state index contributed by atoms with van der Waals surface area (Å²) in [7, 11) is 1.85. The number of pyridine rings is 1. The Bertz CT molecular complexity index is 752. The lowest BCUT2D eigenvalue weighted by Crippen LogP contribution is -2.50. The van der Waals surface area contributed by atoms with Crippen molar-refractivity contribution in [1.29, 1.82) is 0 Å². The van der Waals surface area contributed by atoms with Crippen LogP contribution < -0.4 is 5.32 Å². The molecule has 3 rings (SSSR count). The lowest BCUT2D eigenvalue weighted by molar-refractivity contribution is 0.375. The second kappa shape index (κ2) is 7.47. The van der Waals surface area contributed by atoms with Crippen LogP contribution in [-0.4, -0.2) is 56.0 Å². The fourth-order valence-electron chi connectivity index (χ4n) is 3.09. The number of nitrogens with zero attached hydrogens (tertiary/aromatic N) is 5. The molecule has 0 saturated carbocycles. The van der Waals surface area contributed by atoms with Crippen LogP contribution in [0.25, 0.3) is 5.82 Å². The lowest BCUT2D eigenvalue weighted by Gasteiger charge is -2.39. The van der Waals surface area contributed by atoms with Gasteiger partial charge in [0.05, 0.1) is 0 Å². The van der Waals surface area contributed by atoms with E-state index in [0.717, 1.165) is 42.0 Å². The second-order valence-electron chi connectivity index (χ2n) is 6.76. The van der Waals surface area contributed by atoms with E-state index in [1.54, 1.807) is 6.20 Å². The van der Waals surface area contributed by atoms with Gasteiger partial charge in [-0.25, -0.2) is 9.97 Å². The molecular formula is C18H26N6S. The molecule has 0 aliphatic carbocycles. The summed E-state index contributed by atoms with van der Waals surface area (Å²) < 4.78 is 2.27. The van der Waals surface area contributed by atoms with Crippen LogP contribution in [-0.2, 0) is 6.54 Å². The Balaban J connectivity index is 1.74. The first-order valence-corrected chi connectivity index (χ1v) is 9.52. The summed E-state index contributed by atoms with van der Waals surface area (Å²) in [5.41, 5.74) is 1.12. The van der Waals surface area contributed by atoms with Gasteiger partial charge in [-0.3, -0.25) is 9.56 Å². The normalized spacial score (nSPS) is 17.6. The molecule has 0 spiro atoms.